The van der Waals surface area contributed by atoms with Gasteiger partial charge in [0.2, 0.25) is 0 Å². The van der Waals surface area contributed by atoms with Gasteiger partial charge in [-0.25, -0.2) is 4.79 Å². The smallest absolute Gasteiger partial charge is 0.446 e. The lowest BCUT2D eigenvalue weighted by Crippen LogP contribution is -2.43. The molecule has 0 fully saturated rings. The van der Waals surface area contributed by atoms with Crippen LogP contribution >= 0.6 is 11.8 Å². The molecular formula is C17H13F3N2O4S. The predicted octanol–water partition coefficient (Wildman–Crippen LogP) is 2.92. The van der Waals surface area contributed by atoms with E-state index in [1.807, 2.05) is 0 Å². The van der Waals surface area contributed by atoms with Gasteiger partial charge >= 0.3 is 11.5 Å². The molecular weight excluding hydrogens is 385 g/mol. The highest BCUT2D eigenvalue weighted by Crippen LogP contribution is 2.36. The molecule has 0 aliphatic carbocycles. The van der Waals surface area contributed by atoms with Crippen molar-refractivity contribution < 1.29 is 32.3 Å². The number of rotatable bonds is 5. The van der Waals surface area contributed by atoms with Crippen molar-refractivity contribution in [2.24, 2.45) is 0 Å². The topological polar surface area (TPSA) is 84.5 Å². The fraction of sp³-hybridized carbons (Fsp3) is 0.118. The molecule has 2 N–H and O–H groups in total. The number of hydrogen-bond donors (Lipinski definition) is 2. The Morgan fingerprint density at radius 2 is 1.52 bits per heavy atom. The molecule has 142 valence electrons. The van der Waals surface area contributed by atoms with Gasteiger partial charge in [-0.3, -0.25) is 20.4 Å². The molecule has 2 amide bonds. The largest absolute Gasteiger partial charge is 0.452 e. The number of ether oxygens (including phenoxy) is 1. The molecule has 0 unspecified atom stereocenters. The zero-order chi connectivity index (χ0) is 19.9. The maximum absolute atomic E-state index is 12.2. The average Bonchev–Trinajstić information content (AvgIpc) is 2.64. The molecule has 0 saturated carbocycles. The average molecular weight is 398 g/mol. The monoisotopic (exact) mass is 398 g/mol. The molecule has 0 heterocycles. The second kappa shape index (κ2) is 9.08. The minimum absolute atomic E-state index is 0.0114. The molecule has 0 radical (unpaired) electrons. The maximum atomic E-state index is 12.2. The summed E-state index contributed by atoms with van der Waals surface area (Å²) in [5.74, 6) is -2.21. The van der Waals surface area contributed by atoms with E-state index in [2.05, 4.69) is 10.9 Å². The Balaban J connectivity index is 1.77. The first-order valence-electron chi connectivity index (χ1n) is 7.42. The van der Waals surface area contributed by atoms with E-state index in [-0.39, 0.29) is 22.2 Å². The van der Waals surface area contributed by atoms with Crippen molar-refractivity contribution in [3.05, 3.63) is 65.7 Å². The second-order valence-electron chi connectivity index (χ2n) is 5.02. The van der Waals surface area contributed by atoms with Gasteiger partial charge in [-0.05, 0) is 48.2 Å². The molecule has 27 heavy (non-hydrogen) atoms. The van der Waals surface area contributed by atoms with E-state index >= 15 is 0 Å². The second-order valence-corrected chi connectivity index (χ2v) is 6.16. The SMILES string of the molecule is O=C(COC(=O)c1ccc(SC(F)(F)F)cc1)NNC(=O)c1ccccc1. The van der Waals surface area contributed by atoms with E-state index in [1.165, 1.54) is 0 Å². The highest BCUT2D eigenvalue weighted by molar-refractivity contribution is 8.00. The number of hydrazine groups is 1. The summed E-state index contributed by atoms with van der Waals surface area (Å²) in [6.07, 6.45) is 0. The van der Waals surface area contributed by atoms with Crippen LogP contribution in [0.1, 0.15) is 20.7 Å². The lowest BCUT2D eigenvalue weighted by Gasteiger charge is -2.09. The van der Waals surface area contributed by atoms with E-state index < -0.39 is 29.9 Å². The molecule has 2 aromatic carbocycles. The Hall–Kier alpha value is -3.01. The van der Waals surface area contributed by atoms with Gasteiger partial charge < -0.3 is 4.74 Å². The minimum atomic E-state index is -4.43. The first kappa shape index (κ1) is 20.3. The maximum Gasteiger partial charge on any atom is 0.446 e. The van der Waals surface area contributed by atoms with Gasteiger partial charge in [-0.2, -0.15) is 13.2 Å². The van der Waals surface area contributed by atoms with Gasteiger partial charge in [0.1, 0.15) is 0 Å². The van der Waals surface area contributed by atoms with Gasteiger partial charge in [-0.1, -0.05) is 18.2 Å². The Morgan fingerprint density at radius 1 is 0.889 bits per heavy atom. The van der Waals surface area contributed by atoms with Gasteiger partial charge in [0.05, 0.1) is 5.56 Å². The molecule has 0 saturated heterocycles. The molecule has 0 aromatic heterocycles. The minimum Gasteiger partial charge on any atom is -0.452 e. The highest BCUT2D eigenvalue weighted by Gasteiger charge is 2.29. The van der Waals surface area contributed by atoms with Crippen molar-refractivity contribution >= 4 is 29.5 Å². The van der Waals surface area contributed by atoms with E-state index in [0.717, 1.165) is 24.3 Å². The number of thioether (sulfide) groups is 1. The van der Waals surface area contributed by atoms with E-state index in [0.29, 0.717) is 5.56 Å². The summed E-state index contributed by atoms with van der Waals surface area (Å²) in [5.41, 5.74) is 0.119. The van der Waals surface area contributed by atoms with Crippen molar-refractivity contribution in [1.82, 2.24) is 10.9 Å². The van der Waals surface area contributed by atoms with Crippen molar-refractivity contribution in [3.8, 4) is 0 Å². The summed E-state index contributed by atoms with van der Waals surface area (Å²) in [7, 11) is 0. The Labute approximate surface area is 156 Å². The molecule has 2 rings (SSSR count). The third-order valence-electron chi connectivity index (χ3n) is 3.01. The fourth-order valence-corrected chi connectivity index (χ4v) is 2.37. The van der Waals surface area contributed by atoms with Crippen LogP contribution in [0.2, 0.25) is 0 Å². The van der Waals surface area contributed by atoms with Crippen LogP contribution < -0.4 is 10.9 Å². The van der Waals surface area contributed by atoms with Crippen LogP contribution in [-0.2, 0) is 9.53 Å². The van der Waals surface area contributed by atoms with E-state index in [4.69, 9.17) is 4.74 Å². The number of benzene rings is 2. The molecule has 0 aliphatic heterocycles. The first-order valence-corrected chi connectivity index (χ1v) is 8.23. The highest BCUT2D eigenvalue weighted by atomic mass is 32.2. The number of halogens is 3. The van der Waals surface area contributed by atoms with Crippen molar-refractivity contribution in [1.29, 1.82) is 0 Å². The number of amides is 2. The van der Waals surface area contributed by atoms with Crippen LogP contribution in [0.3, 0.4) is 0 Å². The molecule has 6 nitrogen and oxygen atoms in total. The van der Waals surface area contributed by atoms with Crippen LogP contribution in [0, 0.1) is 0 Å². The number of carbonyl (C=O) groups excluding carboxylic acids is 3. The molecule has 10 heteroatoms. The van der Waals surface area contributed by atoms with Crippen LogP contribution in [0.15, 0.2) is 59.5 Å². The van der Waals surface area contributed by atoms with E-state index in [9.17, 15) is 27.6 Å². The number of esters is 1. The van der Waals surface area contributed by atoms with Crippen LogP contribution in [0.5, 0.6) is 0 Å². The summed E-state index contributed by atoms with van der Waals surface area (Å²) >= 11 is -0.310. The van der Waals surface area contributed by atoms with Crippen LogP contribution in [-0.4, -0.2) is 29.9 Å². The number of hydrogen-bond acceptors (Lipinski definition) is 5. The zero-order valence-corrected chi connectivity index (χ0v) is 14.4. The first-order chi connectivity index (χ1) is 12.7. The molecule has 0 aliphatic rings. The quantitative estimate of drug-likeness (QED) is 0.460. The zero-order valence-electron chi connectivity index (χ0n) is 13.6. The van der Waals surface area contributed by atoms with E-state index in [1.54, 1.807) is 30.3 Å². The van der Waals surface area contributed by atoms with Gasteiger partial charge in [0, 0.05) is 10.5 Å². The summed E-state index contributed by atoms with van der Waals surface area (Å²) in [6, 6.07) is 12.7. The normalized spacial score (nSPS) is 10.8. The molecule has 0 atom stereocenters. The lowest BCUT2D eigenvalue weighted by molar-refractivity contribution is -0.125. The lowest BCUT2D eigenvalue weighted by atomic mass is 10.2. The Kier molecular flexibility index (Phi) is 6.83. The standard InChI is InChI=1S/C17H13F3N2O4S/c18-17(19,20)27-13-8-6-12(7-9-13)16(25)26-10-14(23)21-22-15(24)11-4-2-1-3-5-11/h1-9H,10H2,(H,21,23)(H,22,24). The van der Waals surface area contributed by atoms with Crippen molar-refractivity contribution in [2.45, 2.75) is 10.4 Å². The van der Waals surface area contributed by atoms with Crippen molar-refractivity contribution in [2.75, 3.05) is 6.61 Å². The third-order valence-corrected chi connectivity index (χ3v) is 3.75. The fourth-order valence-electron chi connectivity index (χ4n) is 1.83. The van der Waals surface area contributed by atoms with Gasteiger partial charge in [0.25, 0.3) is 11.8 Å². The number of nitrogens with one attached hydrogen (secondary N) is 2. The Bertz CT molecular complexity index is 811. The molecule has 0 bridgehead atoms. The van der Waals surface area contributed by atoms with Crippen LogP contribution in [0.4, 0.5) is 13.2 Å². The van der Waals surface area contributed by atoms with Crippen LogP contribution in [0.25, 0.3) is 0 Å². The summed E-state index contributed by atoms with van der Waals surface area (Å²) in [4.78, 5) is 35.0. The molecule has 0 spiro atoms. The van der Waals surface area contributed by atoms with Gasteiger partial charge in [-0.15, -0.1) is 0 Å². The summed E-state index contributed by atoms with van der Waals surface area (Å²) in [5, 5.41) is 0. The number of carbonyl (C=O) groups is 3. The third kappa shape index (κ3) is 7.02. The van der Waals surface area contributed by atoms with Crippen molar-refractivity contribution in [3.63, 3.8) is 0 Å². The Morgan fingerprint density at radius 3 is 2.11 bits per heavy atom. The van der Waals surface area contributed by atoms with Gasteiger partial charge in [0.15, 0.2) is 6.61 Å². The summed E-state index contributed by atoms with van der Waals surface area (Å²) < 4.78 is 41.5. The summed E-state index contributed by atoms with van der Waals surface area (Å²) in [6.45, 7) is -0.674. The molecule has 2 aromatic rings. The predicted molar refractivity (Wildman–Crippen MR) is 90.7 cm³/mol. The number of alkyl halides is 3.